The van der Waals surface area contributed by atoms with E-state index in [1.165, 1.54) is 12.1 Å². The SMILES string of the molecule is O=C(NCc1cccnc1)c1ccc(-c2ccccc2)nc1NCCc1ccc(F)cc1. The first kappa shape index (κ1) is 21.2. The van der Waals surface area contributed by atoms with E-state index in [0.29, 0.717) is 30.9 Å². The summed E-state index contributed by atoms with van der Waals surface area (Å²) in [6, 6.07) is 23.6. The molecule has 0 fully saturated rings. The van der Waals surface area contributed by atoms with E-state index in [9.17, 15) is 9.18 Å². The maximum absolute atomic E-state index is 13.1. The van der Waals surface area contributed by atoms with Crippen molar-refractivity contribution < 1.29 is 9.18 Å². The van der Waals surface area contributed by atoms with Crippen molar-refractivity contribution in [3.8, 4) is 11.3 Å². The molecule has 0 aliphatic carbocycles. The molecule has 0 saturated heterocycles. The van der Waals surface area contributed by atoms with Gasteiger partial charge in [0.25, 0.3) is 5.91 Å². The standard InChI is InChI=1S/C26H23FN4O/c27-22-10-8-19(9-11-22)14-16-29-25-23(26(32)30-18-20-5-4-15-28-17-20)12-13-24(31-25)21-6-2-1-3-7-21/h1-13,15,17H,14,16,18H2,(H,29,31)(H,30,32). The number of benzene rings is 2. The Morgan fingerprint density at radius 2 is 1.69 bits per heavy atom. The average Bonchev–Trinajstić information content (AvgIpc) is 2.85. The Morgan fingerprint density at radius 3 is 2.44 bits per heavy atom. The van der Waals surface area contributed by atoms with Gasteiger partial charge >= 0.3 is 0 Å². The van der Waals surface area contributed by atoms with Gasteiger partial charge in [0.2, 0.25) is 0 Å². The first-order valence-electron chi connectivity index (χ1n) is 10.4. The number of hydrogen-bond donors (Lipinski definition) is 2. The lowest BCUT2D eigenvalue weighted by atomic mass is 10.1. The summed E-state index contributed by atoms with van der Waals surface area (Å²) in [4.78, 5) is 21.7. The van der Waals surface area contributed by atoms with Crippen molar-refractivity contribution in [3.05, 3.63) is 114 Å². The van der Waals surface area contributed by atoms with Gasteiger partial charge < -0.3 is 10.6 Å². The topological polar surface area (TPSA) is 66.9 Å². The number of anilines is 1. The number of carbonyl (C=O) groups is 1. The number of rotatable bonds is 8. The monoisotopic (exact) mass is 426 g/mol. The molecule has 2 aromatic heterocycles. The van der Waals surface area contributed by atoms with Crippen molar-refractivity contribution in [1.82, 2.24) is 15.3 Å². The lowest BCUT2D eigenvalue weighted by Crippen LogP contribution is -2.24. The quantitative estimate of drug-likeness (QED) is 0.422. The second-order valence-corrected chi connectivity index (χ2v) is 7.31. The van der Waals surface area contributed by atoms with Gasteiger partial charge in [-0.25, -0.2) is 9.37 Å². The molecule has 0 unspecified atom stereocenters. The maximum Gasteiger partial charge on any atom is 0.255 e. The third kappa shape index (κ3) is 5.55. The molecule has 160 valence electrons. The van der Waals surface area contributed by atoms with Crippen LogP contribution in [0.25, 0.3) is 11.3 Å². The Labute approximate surface area is 186 Å². The van der Waals surface area contributed by atoms with E-state index in [1.807, 2.05) is 48.5 Å². The summed E-state index contributed by atoms with van der Waals surface area (Å²) >= 11 is 0. The van der Waals surface area contributed by atoms with E-state index in [0.717, 1.165) is 22.4 Å². The summed E-state index contributed by atoms with van der Waals surface area (Å²) in [5.41, 5.74) is 4.13. The molecular formula is C26H23FN4O. The van der Waals surface area contributed by atoms with E-state index in [-0.39, 0.29) is 11.7 Å². The third-order valence-corrected chi connectivity index (χ3v) is 5.00. The van der Waals surface area contributed by atoms with Gasteiger partial charge in [0.15, 0.2) is 0 Å². The highest BCUT2D eigenvalue weighted by Crippen LogP contribution is 2.22. The Kier molecular flexibility index (Phi) is 6.82. The van der Waals surface area contributed by atoms with E-state index >= 15 is 0 Å². The van der Waals surface area contributed by atoms with Crippen molar-refractivity contribution in [2.24, 2.45) is 0 Å². The van der Waals surface area contributed by atoms with Crippen molar-refractivity contribution in [1.29, 1.82) is 0 Å². The van der Waals surface area contributed by atoms with Crippen LogP contribution in [-0.2, 0) is 13.0 Å². The van der Waals surface area contributed by atoms with Crippen molar-refractivity contribution in [3.63, 3.8) is 0 Å². The first-order valence-corrected chi connectivity index (χ1v) is 10.4. The fourth-order valence-corrected chi connectivity index (χ4v) is 3.30. The van der Waals surface area contributed by atoms with Crippen LogP contribution in [0.15, 0.2) is 91.3 Å². The zero-order valence-corrected chi connectivity index (χ0v) is 17.5. The summed E-state index contributed by atoms with van der Waals surface area (Å²) in [6.45, 7) is 0.932. The summed E-state index contributed by atoms with van der Waals surface area (Å²) < 4.78 is 13.1. The van der Waals surface area contributed by atoms with Crippen molar-refractivity contribution >= 4 is 11.7 Å². The van der Waals surface area contributed by atoms with Gasteiger partial charge in [-0.2, -0.15) is 0 Å². The lowest BCUT2D eigenvalue weighted by molar-refractivity contribution is 0.0951. The van der Waals surface area contributed by atoms with Crippen LogP contribution in [-0.4, -0.2) is 22.4 Å². The minimum atomic E-state index is -0.258. The average molecular weight is 426 g/mol. The molecule has 0 spiro atoms. The summed E-state index contributed by atoms with van der Waals surface area (Å²) in [5, 5.41) is 6.22. The van der Waals surface area contributed by atoms with Crippen LogP contribution >= 0.6 is 0 Å². The molecule has 2 aromatic carbocycles. The van der Waals surface area contributed by atoms with E-state index in [4.69, 9.17) is 4.98 Å². The van der Waals surface area contributed by atoms with Crippen molar-refractivity contribution in [2.75, 3.05) is 11.9 Å². The zero-order chi connectivity index (χ0) is 22.2. The molecule has 2 N–H and O–H groups in total. The van der Waals surface area contributed by atoms with Crippen LogP contribution in [0, 0.1) is 5.82 Å². The molecule has 0 saturated carbocycles. The normalized spacial score (nSPS) is 10.5. The summed E-state index contributed by atoms with van der Waals surface area (Å²) in [6.07, 6.45) is 4.09. The fourth-order valence-electron chi connectivity index (χ4n) is 3.30. The Bertz CT molecular complexity index is 1170. The highest BCUT2D eigenvalue weighted by atomic mass is 19.1. The Morgan fingerprint density at radius 1 is 0.875 bits per heavy atom. The molecule has 4 rings (SSSR count). The van der Waals surface area contributed by atoms with Gasteiger partial charge in [-0.15, -0.1) is 0 Å². The molecule has 0 aliphatic heterocycles. The number of aromatic nitrogens is 2. The molecule has 0 radical (unpaired) electrons. The van der Waals surface area contributed by atoms with E-state index in [1.54, 1.807) is 30.6 Å². The molecule has 2 heterocycles. The second-order valence-electron chi connectivity index (χ2n) is 7.31. The number of carbonyl (C=O) groups excluding carboxylic acids is 1. The van der Waals surface area contributed by atoms with E-state index in [2.05, 4.69) is 15.6 Å². The number of hydrogen-bond acceptors (Lipinski definition) is 4. The van der Waals surface area contributed by atoms with Gasteiger partial charge in [0.1, 0.15) is 11.6 Å². The molecule has 0 atom stereocenters. The lowest BCUT2D eigenvalue weighted by Gasteiger charge is -2.13. The fraction of sp³-hybridized carbons (Fsp3) is 0.115. The molecule has 0 aliphatic rings. The van der Waals surface area contributed by atoms with Crippen LogP contribution in [0.4, 0.5) is 10.2 Å². The second kappa shape index (κ2) is 10.3. The first-order chi connectivity index (χ1) is 15.7. The van der Waals surface area contributed by atoms with Gasteiger partial charge in [0, 0.05) is 31.0 Å². The van der Waals surface area contributed by atoms with Gasteiger partial charge in [-0.3, -0.25) is 9.78 Å². The molecule has 6 heteroatoms. The van der Waals surface area contributed by atoms with Crippen LogP contribution in [0.2, 0.25) is 0 Å². The largest absolute Gasteiger partial charge is 0.369 e. The van der Waals surface area contributed by atoms with Crippen LogP contribution in [0.3, 0.4) is 0 Å². The number of nitrogens with zero attached hydrogens (tertiary/aromatic N) is 2. The highest BCUT2D eigenvalue weighted by Gasteiger charge is 2.14. The smallest absolute Gasteiger partial charge is 0.255 e. The van der Waals surface area contributed by atoms with E-state index < -0.39 is 0 Å². The van der Waals surface area contributed by atoms with Gasteiger partial charge in [-0.1, -0.05) is 48.5 Å². The zero-order valence-electron chi connectivity index (χ0n) is 17.5. The van der Waals surface area contributed by atoms with Crippen LogP contribution in [0.5, 0.6) is 0 Å². The number of pyridine rings is 2. The van der Waals surface area contributed by atoms with Crippen LogP contribution in [0.1, 0.15) is 21.5 Å². The Balaban J connectivity index is 1.52. The maximum atomic E-state index is 13.1. The number of nitrogens with one attached hydrogen (secondary N) is 2. The van der Waals surface area contributed by atoms with Gasteiger partial charge in [0.05, 0.1) is 11.3 Å². The molecule has 5 nitrogen and oxygen atoms in total. The minimum Gasteiger partial charge on any atom is -0.369 e. The molecule has 4 aromatic rings. The number of halogens is 1. The third-order valence-electron chi connectivity index (χ3n) is 5.00. The molecule has 0 bridgehead atoms. The van der Waals surface area contributed by atoms with Crippen molar-refractivity contribution in [2.45, 2.75) is 13.0 Å². The summed E-state index contributed by atoms with van der Waals surface area (Å²) in [7, 11) is 0. The highest BCUT2D eigenvalue weighted by molar-refractivity contribution is 5.99. The molecule has 1 amide bonds. The molecular weight excluding hydrogens is 403 g/mol. The Hall–Kier alpha value is -4.06. The van der Waals surface area contributed by atoms with Gasteiger partial charge in [-0.05, 0) is 47.9 Å². The number of amides is 1. The minimum absolute atomic E-state index is 0.217. The van der Waals surface area contributed by atoms with Crippen LogP contribution < -0.4 is 10.6 Å². The summed E-state index contributed by atoms with van der Waals surface area (Å²) in [5.74, 6) is 0.0360. The predicted molar refractivity (Wildman–Crippen MR) is 124 cm³/mol. The predicted octanol–water partition coefficient (Wildman–Crippen LogP) is 4.87. The molecule has 32 heavy (non-hydrogen) atoms.